The van der Waals surface area contributed by atoms with Gasteiger partial charge in [0, 0.05) is 18.7 Å². The van der Waals surface area contributed by atoms with Crippen LogP contribution in [0.2, 0.25) is 0 Å². The molecule has 154 valence electrons. The van der Waals surface area contributed by atoms with Crippen LogP contribution < -0.4 is 24.8 Å². The number of benzene rings is 2. The Balaban J connectivity index is 1.92. The molecule has 6 nitrogen and oxygen atoms in total. The van der Waals surface area contributed by atoms with E-state index in [1.54, 1.807) is 24.3 Å². The first-order valence-electron chi connectivity index (χ1n) is 8.41. The second kappa shape index (κ2) is 10.1. The maximum Gasteiger partial charge on any atom is 0.573 e. The number of rotatable bonds is 8. The van der Waals surface area contributed by atoms with Crippen LogP contribution in [0.1, 0.15) is 11.1 Å². The molecule has 0 heterocycles. The molecule has 2 amide bonds. The summed E-state index contributed by atoms with van der Waals surface area (Å²) in [6.07, 6.45) is 0.364. The van der Waals surface area contributed by atoms with E-state index in [1.807, 2.05) is 0 Å². The van der Waals surface area contributed by atoms with Gasteiger partial charge in [0.25, 0.3) is 0 Å². The zero-order valence-corrected chi connectivity index (χ0v) is 15.5. The molecule has 9 heteroatoms. The number of amides is 2. The first-order valence-corrected chi connectivity index (χ1v) is 8.41. The molecule has 2 aromatic rings. The van der Waals surface area contributed by atoms with E-state index in [2.05, 4.69) is 21.3 Å². The van der Waals surface area contributed by atoms with Gasteiger partial charge in [-0.3, -0.25) is 0 Å². The highest BCUT2D eigenvalue weighted by molar-refractivity contribution is 5.74. The van der Waals surface area contributed by atoms with Gasteiger partial charge in [-0.25, -0.2) is 4.79 Å². The summed E-state index contributed by atoms with van der Waals surface area (Å²) in [6.45, 7) is 0.0767. The topological polar surface area (TPSA) is 68.8 Å². The molecule has 0 bridgehead atoms. The Morgan fingerprint density at radius 1 is 1.07 bits per heavy atom. The van der Waals surface area contributed by atoms with Gasteiger partial charge < -0.3 is 24.8 Å². The number of ether oxygens (including phenoxy) is 3. The lowest BCUT2D eigenvalue weighted by Crippen LogP contribution is -2.34. The molecule has 0 unspecified atom stereocenters. The van der Waals surface area contributed by atoms with Crippen LogP contribution in [0.5, 0.6) is 17.2 Å². The van der Waals surface area contributed by atoms with Gasteiger partial charge in [-0.1, -0.05) is 30.2 Å². The lowest BCUT2D eigenvalue weighted by molar-refractivity contribution is -0.274. The minimum atomic E-state index is -4.81. The highest BCUT2D eigenvalue weighted by Crippen LogP contribution is 2.28. The number of methoxy groups -OCH3 is 1. The zero-order chi connectivity index (χ0) is 21.3. The standard InChI is InChI=1S/C20H19F3N2O4/c1-3-10-28-18-11-14(8-9-17(18)27-2)12-24-19(26)25-13-15-6-4-5-7-16(15)29-20(21,22)23/h1,4-9,11H,10,12-13H2,2H3,(H2,24,25,26). The molecule has 2 rings (SSSR count). The molecule has 29 heavy (non-hydrogen) atoms. The summed E-state index contributed by atoms with van der Waals surface area (Å²) in [7, 11) is 1.49. The minimum absolute atomic E-state index is 0.0626. The Morgan fingerprint density at radius 2 is 1.79 bits per heavy atom. The molecule has 0 aliphatic carbocycles. The van der Waals surface area contributed by atoms with E-state index in [1.165, 1.54) is 25.3 Å². The van der Waals surface area contributed by atoms with Gasteiger partial charge in [-0.2, -0.15) is 0 Å². The minimum Gasteiger partial charge on any atom is -0.493 e. The first-order chi connectivity index (χ1) is 13.8. The SMILES string of the molecule is C#CCOc1cc(CNC(=O)NCc2ccccc2OC(F)(F)F)ccc1OC. The lowest BCUT2D eigenvalue weighted by atomic mass is 10.2. The van der Waals surface area contributed by atoms with E-state index < -0.39 is 12.4 Å². The molecule has 2 N–H and O–H groups in total. The van der Waals surface area contributed by atoms with E-state index in [0.29, 0.717) is 17.1 Å². The molecule has 0 aliphatic heterocycles. The summed E-state index contributed by atoms with van der Waals surface area (Å²) in [6, 6.07) is 10.1. The van der Waals surface area contributed by atoms with E-state index in [9.17, 15) is 18.0 Å². The quantitative estimate of drug-likeness (QED) is 0.655. The second-order valence-electron chi connectivity index (χ2n) is 5.67. The fraction of sp³-hybridized carbons (Fsp3) is 0.250. The van der Waals surface area contributed by atoms with Crippen LogP contribution in [0.3, 0.4) is 0 Å². The molecule has 2 aromatic carbocycles. The average Bonchev–Trinajstić information content (AvgIpc) is 2.69. The third kappa shape index (κ3) is 7.18. The van der Waals surface area contributed by atoms with Gasteiger partial charge in [-0.05, 0) is 23.8 Å². The predicted octanol–water partition coefficient (Wildman–Crippen LogP) is 3.61. The molecule has 0 radical (unpaired) electrons. The number of nitrogens with one attached hydrogen (secondary N) is 2. The lowest BCUT2D eigenvalue weighted by Gasteiger charge is -2.14. The molecule has 0 fully saturated rings. The monoisotopic (exact) mass is 408 g/mol. The Hall–Kier alpha value is -3.54. The number of halogens is 3. The van der Waals surface area contributed by atoms with Crippen LogP contribution in [0.4, 0.5) is 18.0 Å². The number of carbonyl (C=O) groups is 1. The van der Waals surface area contributed by atoms with Crippen LogP contribution in [-0.2, 0) is 13.1 Å². The van der Waals surface area contributed by atoms with E-state index in [-0.39, 0.29) is 31.0 Å². The Morgan fingerprint density at radius 3 is 2.48 bits per heavy atom. The predicted molar refractivity (Wildman–Crippen MR) is 99.5 cm³/mol. The third-order valence-corrected chi connectivity index (χ3v) is 3.63. The normalized spacial score (nSPS) is 10.6. The summed E-state index contributed by atoms with van der Waals surface area (Å²) in [4.78, 5) is 12.0. The van der Waals surface area contributed by atoms with Crippen LogP contribution in [-0.4, -0.2) is 26.1 Å². The van der Waals surface area contributed by atoms with Crippen molar-refractivity contribution in [3.05, 3.63) is 53.6 Å². The Bertz CT molecular complexity index is 879. The van der Waals surface area contributed by atoms with Crippen molar-refractivity contribution in [3.63, 3.8) is 0 Å². The van der Waals surface area contributed by atoms with Crippen molar-refractivity contribution in [1.82, 2.24) is 10.6 Å². The van der Waals surface area contributed by atoms with Crippen molar-refractivity contribution in [2.24, 2.45) is 0 Å². The van der Waals surface area contributed by atoms with Gasteiger partial charge in [0.2, 0.25) is 0 Å². The van der Waals surface area contributed by atoms with E-state index >= 15 is 0 Å². The van der Waals surface area contributed by atoms with Crippen LogP contribution in [0.15, 0.2) is 42.5 Å². The molecular formula is C20H19F3N2O4. The summed E-state index contributed by atoms with van der Waals surface area (Å²) >= 11 is 0. The number of hydrogen-bond acceptors (Lipinski definition) is 4. The largest absolute Gasteiger partial charge is 0.573 e. The molecule has 0 aliphatic rings. The molecule has 0 aromatic heterocycles. The van der Waals surface area contributed by atoms with Gasteiger partial charge in [0.1, 0.15) is 12.4 Å². The van der Waals surface area contributed by atoms with Crippen molar-refractivity contribution in [2.75, 3.05) is 13.7 Å². The maximum atomic E-state index is 12.4. The highest BCUT2D eigenvalue weighted by atomic mass is 19.4. The summed E-state index contributed by atoms with van der Waals surface area (Å²) in [5, 5.41) is 5.09. The smallest absolute Gasteiger partial charge is 0.493 e. The van der Waals surface area contributed by atoms with Gasteiger partial charge in [0.15, 0.2) is 11.5 Å². The van der Waals surface area contributed by atoms with Crippen molar-refractivity contribution < 1.29 is 32.2 Å². The van der Waals surface area contributed by atoms with Crippen molar-refractivity contribution in [3.8, 4) is 29.6 Å². The molecule has 0 saturated carbocycles. The van der Waals surface area contributed by atoms with Crippen molar-refractivity contribution >= 4 is 6.03 Å². The van der Waals surface area contributed by atoms with Gasteiger partial charge >= 0.3 is 12.4 Å². The first kappa shape index (κ1) is 21.8. The number of para-hydroxylation sites is 1. The Kier molecular flexibility index (Phi) is 7.60. The summed E-state index contributed by atoms with van der Waals surface area (Å²) in [5.74, 6) is 2.91. The number of hydrogen-bond donors (Lipinski definition) is 2. The molecule has 0 atom stereocenters. The van der Waals surface area contributed by atoms with Crippen LogP contribution in [0.25, 0.3) is 0 Å². The maximum absolute atomic E-state index is 12.4. The third-order valence-electron chi connectivity index (χ3n) is 3.63. The number of terminal acetylenes is 1. The fourth-order valence-corrected chi connectivity index (χ4v) is 2.36. The molecular weight excluding hydrogens is 389 g/mol. The van der Waals surface area contributed by atoms with E-state index in [4.69, 9.17) is 15.9 Å². The summed E-state index contributed by atoms with van der Waals surface area (Å²) in [5.41, 5.74) is 0.906. The van der Waals surface area contributed by atoms with E-state index in [0.717, 1.165) is 0 Å². The number of urea groups is 1. The Labute approximate surface area is 166 Å². The zero-order valence-electron chi connectivity index (χ0n) is 15.5. The van der Waals surface area contributed by atoms with Crippen molar-refractivity contribution in [2.45, 2.75) is 19.5 Å². The average molecular weight is 408 g/mol. The summed E-state index contributed by atoms with van der Waals surface area (Å²) < 4.78 is 51.8. The highest BCUT2D eigenvalue weighted by Gasteiger charge is 2.31. The van der Waals surface area contributed by atoms with Gasteiger partial charge in [0.05, 0.1) is 7.11 Å². The van der Waals surface area contributed by atoms with Crippen LogP contribution >= 0.6 is 0 Å². The molecule has 0 spiro atoms. The van der Waals surface area contributed by atoms with Crippen molar-refractivity contribution in [1.29, 1.82) is 0 Å². The molecule has 0 saturated heterocycles. The van der Waals surface area contributed by atoms with Gasteiger partial charge in [-0.15, -0.1) is 19.6 Å². The number of alkyl halides is 3. The number of carbonyl (C=O) groups excluding carboxylic acids is 1. The fourth-order valence-electron chi connectivity index (χ4n) is 2.36. The van der Waals surface area contributed by atoms with Crippen LogP contribution in [0, 0.1) is 12.3 Å². The second-order valence-corrected chi connectivity index (χ2v) is 5.67.